The second-order valence-corrected chi connectivity index (χ2v) is 7.87. The van der Waals surface area contributed by atoms with E-state index in [1.54, 1.807) is 19.1 Å². The highest BCUT2D eigenvalue weighted by molar-refractivity contribution is 9.10. The molecular weight excluding hydrogens is 476 g/mol. The molecule has 0 N–H and O–H groups in total. The first-order chi connectivity index (χ1) is 15.4. The van der Waals surface area contributed by atoms with Crippen molar-refractivity contribution < 1.29 is 19.2 Å². The predicted octanol–water partition coefficient (Wildman–Crippen LogP) is 5.59. The van der Waals surface area contributed by atoms with Crippen molar-refractivity contribution in [2.45, 2.75) is 13.5 Å². The van der Waals surface area contributed by atoms with Gasteiger partial charge in [-0.1, -0.05) is 52.3 Å². The molecule has 8 heteroatoms. The molecule has 1 aliphatic rings. The summed E-state index contributed by atoms with van der Waals surface area (Å²) in [7, 11) is 0. The Labute approximate surface area is 192 Å². The van der Waals surface area contributed by atoms with Gasteiger partial charge in [-0.25, -0.2) is 9.79 Å². The van der Waals surface area contributed by atoms with E-state index in [0.29, 0.717) is 29.0 Å². The van der Waals surface area contributed by atoms with Gasteiger partial charge in [0.25, 0.3) is 5.69 Å². The number of hydrogen-bond acceptors (Lipinski definition) is 6. The van der Waals surface area contributed by atoms with Crippen LogP contribution in [0.4, 0.5) is 5.69 Å². The topological polar surface area (TPSA) is 91.0 Å². The molecule has 0 saturated carbocycles. The average molecular weight is 493 g/mol. The lowest BCUT2D eigenvalue weighted by molar-refractivity contribution is -0.385. The van der Waals surface area contributed by atoms with Gasteiger partial charge in [-0.3, -0.25) is 10.1 Å². The number of cyclic esters (lactones) is 1. The van der Waals surface area contributed by atoms with Crippen LogP contribution in [0, 0.1) is 17.0 Å². The van der Waals surface area contributed by atoms with Crippen LogP contribution >= 0.6 is 15.9 Å². The van der Waals surface area contributed by atoms with Gasteiger partial charge in [0.1, 0.15) is 12.4 Å². The molecule has 32 heavy (non-hydrogen) atoms. The Hall–Kier alpha value is -3.78. The van der Waals surface area contributed by atoms with E-state index in [0.717, 1.165) is 10.0 Å². The SMILES string of the molecule is Cc1cc(C2=N/C(=C\c3ccccc3OCc3ccccc3Br)C(=O)O2)ccc1[N+](=O)[O-]. The molecule has 1 heterocycles. The van der Waals surface area contributed by atoms with Crippen molar-refractivity contribution in [1.82, 2.24) is 0 Å². The maximum Gasteiger partial charge on any atom is 0.363 e. The zero-order chi connectivity index (χ0) is 22.7. The van der Waals surface area contributed by atoms with Crippen LogP contribution in [0.5, 0.6) is 5.75 Å². The van der Waals surface area contributed by atoms with Gasteiger partial charge < -0.3 is 9.47 Å². The standard InChI is InChI=1S/C24H17BrN2O5/c1-15-12-17(10-11-21(15)27(29)30)23-26-20(24(28)32-23)13-16-6-3-5-9-22(16)31-14-18-7-2-4-8-19(18)25/h2-13H,14H2,1H3/b20-13-. The van der Waals surface area contributed by atoms with Crippen molar-refractivity contribution in [2.75, 3.05) is 0 Å². The second kappa shape index (κ2) is 9.15. The van der Waals surface area contributed by atoms with Crippen LogP contribution in [-0.2, 0) is 16.1 Å². The summed E-state index contributed by atoms with van der Waals surface area (Å²) in [5.41, 5.74) is 2.72. The van der Waals surface area contributed by atoms with E-state index in [2.05, 4.69) is 20.9 Å². The largest absolute Gasteiger partial charge is 0.488 e. The molecule has 1 aliphatic heterocycles. The first-order valence-corrected chi connectivity index (χ1v) is 10.4. The number of hydrogen-bond donors (Lipinski definition) is 0. The highest BCUT2D eigenvalue weighted by Gasteiger charge is 2.25. The van der Waals surface area contributed by atoms with Gasteiger partial charge >= 0.3 is 5.97 Å². The summed E-state index contributed by atoms with van der Waals surface area (Å²) in [5, 5.41) is 11.0. The van der Waals surface area contributed by atoms with Crippen LogP contribution in [-0.4, -0.2) is 16.8 Å². The van der Waals surface area contributed by atoms with Gasteiger partial charge in [0.05, 0.1) is 4.92 Å². The summed E-state index contributed by atoms with van der Waals surface area (Å²) in [6.45, 7) is 1.97. The molecule has 3 aromatic carbocycles. The number of ether oxygens (including phenoxy) is 2. The van der Waals surface area contributed by atoms with Crippen molar-refractivity contribution in [3.8, 4) is 5.75 Å². The zero-order valence-electron chi connectivity index (χ0n) is 16.9. The third-order valence-corrected chi connectivity index (χ3v) is 5.59. The average Bonchev–Trinajstić information content (AvgIpc) is 3.14. The number of nitro benzene ring substituents is 1. The fourth-order valence-corrected chi connectivity index (χ4v) is 3.57. The fraction of sp³-hybridized carbons (Fsp3) is 0.0833. The third kappa shape index (κ3) is 4.60. The third-order valence-electron chi connectivity index (χ3n) is 4.81. The Morgan fingerprint density at radius 3 is 2.62 bits per heavy atom. The normalized spacial score (nSPS) is 14.2. The maximum absolute atomic E-state index is 12.4. The maximum atomic E-state index is 12.4. The van der Waals surface area contributed by atoms with E-state index >= 15 is 0 Å². The number of benzene rings is 3. The number of para-hydroxylation sites is 1. The lowest BCUT2D eigenvalue weighted by Crippen LogP contribution is -2.06. The van der Waals surface area contributed by atoms with Gasteiger partial charge in [0, 0.05) is 32.8 Å². The molecule has 0 unspecified atom stereocenters. The van der Waals surface area contributed by atoms with Crippen molar-refractivity contribution in [3.63, 3.8) is 0 Å². The van der Waals surface area contributed by atoms with E-state index in [-0.39, 0.29) is 17.3 Å². The van der Waals surface area contributed by atoms with Crippen molar-refractivity contribution >= 4 is 39.6 Å². The van der Waals surface area contributed by atoms with Crippen molar-refractivity contribution in [1.29, 1.82) is 0 Å². The van der Waals surface area contributed by atoms with E-state index in [1.165, 1.54) is 12.1 Å². The van der Waals surface area contributed by atoms with Crippen LogP contribution in [0.3, 0.4) is 0 Å². The number of nitrogens with zero attached hydrogens (tertiary/aromatic N) is 2. The molecule has 0 saturated heterocycles. The molecule has 0 atom stereocenters. The van der Waals surface area contributed by atoms with Crippen LogP contribution in [0.25, 0.3) is 6.08 Å². The molecule has 0 radical (unpaired) electrons. The zero-order valence-corrected chi connectivity index (χ0v) is 18.5. The minimum atomic E-state index is -0.600. The van der Waals surface area contributed by atoms with Crippen LogP contribution in [0.2, 0.25) is 0 Å². The number of nitro groups is 1. The summed E-state index contributed by atoms with van der Waals surface area (Å²) in [5.74, 6) is 0.0980. The Morgan fingerprint density at radius 1 is 1.12 bits per heavy atom. The van der Waals surface area contributed by atoms with E-state index in [9.17, 15) is 14.9 Å². The number of esters is 1. The van der Waals surface area contributed by atoms with Gasteiger partial charge in [-0.15, -0.1) is 0 Å². The number of carbonyl (C=O) groups excluding carboxylic acids is 1. The molecule has 0 amide bonds. The molecule has 0 aromatic heterocycles. The molecule has 0 aliphatic carbocycles. The Morgan fingerprint density at radius 2 is 1.88 bits per heavy atom. The van der Waals surface area contributed by atoms with Crippen molar-refractivity contribution in [2.24, 2.45) is 4.99 Å². The fourth-order valence-electron chi connectivity index (χ4n) is 3.18. The van der Waals surface area contributed by atoms with Gasteiger partial charge in [-0.2, -0.15) is 0 Å². The summed E-state index contributed by atoms with van der Waals surface area (Å²) >= 11 is 3.51. The number of aliphatic imine (C=N–C) groups is 1. The first kappa shape index (κ1) is 21.5. The van der Waals surface area contributed by atoms with Crippen LogP contribution in [0.1, 0.15) is 22.3 Å². The van der Waals surface area contributed by atoms with Gasteiger partial charge in [0.2, 0.25) is 5.90 Å². The van der Waals surface area contributed by atoms with Crippen LogP contribution in [0.15, 0.2) is 81.9 Å². The second-order valence-electron chi connectivity index (χ2n) is 7.01. The Balaban J connectivity index is 1.59. The van der Waals surface area contributed by atoms with Crippen LogP contribution < -0.4 is 4.74 Å². The minimum absolute atomic E-state index is 0.00873. The summed E-state index contributed by atoms with van der Waals surface area (Å²) in [6, 6.07) is 19.5. The van der Waals surface area contributed by atoms with Gasteiger partial charge in [-0.05, 0) is 37.3 Å². The molecule has 4 rings (SSSR count). The highest BCUT2D eigenvalue weighted by atomic mass is 79.9. The highest BCUT2D eigenvalue weighted by Crippen LogP contribution is 2.27. The van der Waals surface area contributed by atoms with Crippen molar-refractivity contribution in [3.05, 3.63) is 109 Å². The van der Waals surface area contributed by atoms with E-state index < -0.39 is 10.9 Å². The Kier molecular flexibility index (Phi) is 6.13. The monoisotopic (exact) mass is 492 g/mol. The molecule has 3 aromatic rings. The predicted molar refractivity (Wildman–Crippen MR) is 123 cm³/mol. The summed E-state index contributed by atoms with van der Waals surface area (Å²) in [4.78, 5) is 27.3. The van der Waals surface area contributed by atoms with E-state index in [4.69, 9.17) is 9.47 Å². The summed E-state index contributed by atoms with van der Waals surface area (Å²) in [6.07, 6.45) is 1.60. The first-order valence-electron chi connectivity index (χ1n) is 9.65. The lowest BCUT2D eigenvalue weighted by atomic mass is 10.1. The lowest BCUT2D eigenvalue weighted by Gasteiger charge is -2.10. The molecule has 0 fully saturated rings. The molecule has 160 valence electrons. The van der Waals surface area contributed by atoms with E-state index in [1.807, 2.05) is 48.5 Å². The number of carbonyl (C=O) groups is 1. The number of rotatable bonds is 6. The summed E-state index contributed by atoms with van der Waals surface area (Å²) < 4.78 is 12.2. The smallest absolute Gasteiger partial charge is 0.363 e. The number of halogens is 1. The Bertz CT molecular complexity index is 1280. The number of aryl methyl sites for hydroxylation is 1. The molecule has 0 spiro atoms. The minimum Gasteiger partial charge on any atom is -0.488 e. The molecule has 0 bridgehead atoms. The molecular formula is C24H17BrN2O5. The molecule has 7 nitrogen and oxygen atoms in total. The quantitative estimate of drug-likeness (QED) is 0.193. The van der Waals surface area contributed by atoms with Gasteiger partial charge in [0.15, 0.2) is 5.70 Å².